The van der Waals surface area contributed by atoms with Gasteiger partial charge >= 0.3 is 6.18 Å². The van der Waals surface area contributed by atoms with Gasteiger partial charge in [-0.15, -0.1) is 0 Å². The molecule has 5 nitrogen and oxygen atoms in total. The van der Waals surface area contributed by atoms with Crippen molar-refractivity contribution in [2.24, 2.45) is 0 Å². The van der Waals surface area contributed by atoms with E-state index in [9.17, 15) is 26.7 Å². The first-order chi connectivity index (χ1) is 15.0. The van der Waals surface area contributed by atoms with Crippen LogP contribution >= 0.6 is 31.9 Å². The first-order valence-corrected chi connectivity index (χ1v) is 10.8. The Morgan fingerprint density at radius 1 is 1.12 bits per heavy atom. The van der Waals surface area contributed by atoms with Crippen molar-refractivity contribution in [3.8, 4) is 0 Å². The number of hydrogen-bond donors (Lipinski definition) is 2. The first kappa shape index (κ1) is 22.7. The highest BCUT2D eigenvalue weighted by atomic mass is 79.9. The number of nitrogens with zero attached hydrogens (tertiary/aromatic N) is 2. The number of nitrogens with one attached hydrogen (secondary N) is 2. The van der Waals surface area contributed by atoms with E-state index in [2.05, 4.69) is 47.6 Å². The van der Waals surface area contributed by atoms with Crippen molar-refractivity contribution in [3.63, 3.8) is 0 Å². The maximum atomic E-state index is 14.0. The van der Waals surface area contributed by atoms with Gasteiger partial charge in [-0.05, 0) is 39.7 Å². The summed E-state index contributed by atoms with van der Waals surface area (Å²) in [4.78, 5) is 12.6. The Kier molecular flexibility index (Phi) is 6.01. The molecule has 3 aromatic rings. The van der Waals surface area contributed by atoms with Gasteiger partial charge in [0.2, 0.25) is 0 Å². The van der Waals surface area contributed by atoms with Gasteiger partial charge in [0, 0.05) is 27.5 Å². The molecule has 1 amide bonds. The second-order valence-corrected chi connectivity index (χ2v) is 8.87. The molecule has 32 heavy (non-hydrogen) atoms. The van der Waals surface area contributed by atoms with E-state index in [4.69, 9.17) is 0 Å². The smallest absolute Gasteiger partial charge is 0.363 e. The lowest BCUT2D eigenvalue weighted by molar-refractivity contribution is -0.173. The molecule has 4 rings (SSSR count). The van der Waals surface area contributed by atoms with E-state index in [0.717, 1.165) is 16.6 Å². The Balaban J connectivity index is 1.66. The Hall–Kier alpha value is -2.47. The zero-order valence-corrected chi connectivity index (χ0v) is 19.0. The fourth-order valence-corrected chi connectivity index (χ4v) is 4.21. The van der Waals surface area contributed by atoms with Gasteiger partial charge in [0.15, 0.2) is 17.6 Å². The topological polar surface area (TPSA) is 59.0 Å². The van der Waals surface area contributed by atoms with Crippen LogP contribution in [0.4, 0.5) is 33.5 Å². The fraction of sp³-hybridized carbons (Fsp3) is 0.200. The molecule has 0 aliphatic carbocycles. The standard InChI is InChI=1S/C20H13Br2F5N4O/c21-10-3-1-9(2-4-10)14-7-16(20(25,26)27)31-17(28-14)8-15(30-31)19(32)29-18-12(22)5-11(23)6-13(18)24/h1-6,8,14,16,28H,7H2,(H,29,32)/t14-,16-/m1/s1. The number of aromatic nitrogens is 2. The summed E-state index contributed by atoms with van der Waals surface area (Å²) in [6, 6.07) is 6.88. The number of hydrogen-bond acceptors (Lipinski definition) is 3. The van der Waals surface area contributed by atoms with Gasteiger partial charge in [-0.1, -0.05) is 28.1 Å². The normalized spacial score (nSPS) is 18.1. The molecule has 12 heteroatoms. The summed E-state index contributed by atoms with van der Waals surface area (Å²) in [5.74, 6) is -2.85. The van der Waals surface area contributed by atoms with Crippen LogP contribution in [0.25, 0.3) is 0 Å². The number of amides is 1. The van der Waals surface area contributed by atoms with E-state index in [0.29, 0.717) is 16.3 Å². The van der Waals surface area contributed by atoms with Crippen molar-refractivity contribution >= 4 is 49.3 Å². The Morgan fingerprint density at radius 3 is 2.44 bits per heavy atom. The van der Waals surface area contributed by atoms with E-state index in [1.165, 1.54) is 0 Å². The highest BCUT2D eigenvalue weighted by molar-refractivity contribution is 9.10. The third kappa shape index (κ3) is 4.51. The van der Waals surface area contributed by atoms with Crippen molar-refractivity contribution in [2.75, 3.05) is 10.6 Å². The molecule has 168 valence electrons. The number of alkyl halides is 3. The van der Waals surface area contributed by atoms with Crippen molar-refractivity contribution in [1.82, 2.24) is 9.78 Å². The average molecular weight is 580 g/mol. The SMILES string of the molecule is O=C(Nc1c(F)cc(F)cc1Br)c1cc2n(n1)[C@@H](C(F)(F)F)C[C@H](c1ccc(Br)cc1)N2. The third-order valence-electron chi connectivity index (χ3n) is 4.94. The lowest BCUT2D eigenvalue weighted by atomic mass is 9.97. The quantitative estimate of drug-likeness (QED) is 0.344. The number of benzene rings is 2. The number of carbonyl (C=O) groups excluding carboxylic acids is 1. The molecule has 1 aromatic heterocycles. The minimum absolute atomic E-state index is 0.00436. The largest absolute Gasteiger partial charge is 0.410 e. The van der Waals surface area contributed by atoms with Gasteiger partial charge in [0.05, 0.1) is 11.7 Å². The van der Waals surface area contributed by atoms with E-state index >= 15 is 0 Å². The van der Waals surface area contributed by atoms with Crippen LogP contribution in [0.1, 0.15) is 34.6 Å². The second kappa shape index (κ2) is 8.47. The average Bonchev–Trinajstić information content (AvgIpc) is 3.13. The van der Waals surface area contributed by atoms with E-state index < -0.39 is 35.8 Å². The Bertz CT molecular complexity index is 1160. The zero-order valence-electron chi connectivity index (χ0n) is 15.9. The minimum atomic E-state index is -4.61. The van der Waals surface area contributed by atoms with E-state index in [1.807, 2.05) is 0 Å². The first-order valence-electron chi connectivity index (χ1n) is 9.17. The fourth-order valence-electron chi connectivity index (χ4n) is 3.44. The summed E-state index contributed by atoms with van der Waals surface area (Å²) in [5.41, 5.74) is -0.0671. The second-order valence-electron chi connectivity index (χ2n) is 7.10. The number of rotatable bonds is 3. The van der Waals surface area contributed by atoms with Crippen molar-refractivity contribution < 1.29 is 26.7 Å². The van der Waals surface area contributed by atoms with Crippen LogP contribution in [0.3, 0.4) is 0 Å². The Morgan fingerprint density at radius 2 is 1.81 bits per heavy atom. The molecule has 0 unspecified atom stereocenters. The molecule has 1 aliphatic rings. The summed E-state index contributed by atoms with van der Waals surface area (Å²) in [6.07, 6.45) is -4.95. The number of halogens is 7. The molecule has 2 atom stereocenters. The predicted molar refractivity (Wildman–Crippen MR) is 114 cm³/mol. The minimum Gasteiger partial charge on any atom is -0.363 e. The molecule has 2 aromatic carbocycles. The van der Waals surface area contributed by atoms with Crippen LogP contribution in [-0.4, -0.2) is 21.9 Å². The van der Waals surface area contributed by atoms with Crippen LogP contribution < -0.4 is 10.6 Å². The van der Waals surface area contributed by atoms with Crippen molar-refractivity contribution in [3.05, 3.63) is 74.3 Å². The zero-order chi connectivity index (χ0) is 23.2. The number of fused-ring (bicyclic) bond motifs is 1. The molecule has 0 fully saturated rings. The number of carbonyl (C=O) groups is 1. The van der Waals surface area contributed by atoms with Crippen LogP contribution in [0.2, 0.25) is 0 Å². The Labute approximate surface area is 195 Å². The predicted octanol–water partition coefficient (Wildman–Crippen LogP) is 6.60. The van der Waals surface area contributed by atoms with Gasteiger partial charge in [-0.2, -0.15) is 18.3 Å². The monoisotopic (exact) mass is 578 g/mol. The third-order valence-corrected chi connectivity index (χ3v) is 6.09. The summed E-state index contributed by atoms with van der Waals surface area (Å²) in [7, 11) is 0. The summed E-state index contributed by atoms with van der Waals surface area (Å²) in [5, 5.41) is 9.01. The molecule has 0 saturated carbocycles. The van der Waals surface area contributed by atoms with Crippen LogP contribution in [0.5, 0.6) is 0 Å². The summed E-state index contributed by atoms with van der Waals surface area (Å²) < 4.78 is 70.1. The van der Waals surface area contributed by atoms with Crippen molar-refractivity contribution in [1.29, 1.82) is 0 Å². The van der Waals surface area contributed by atoms with Gasteiger partial charge in [0.1, 0.15) is 11.6 Å². The van der Waals surface area contributed by atoms with Gasteiger partial charge in [0.25, 0.3) is 5.91 Å². The van der Waals surface area contributed by atoms with Crippen LogP contribution in [-0.2, 0) is 0 Å². The van der Waals surface area contributed by atoms with Gasteiger partial charge in [-0.25, -0.2) is 13.5 Å². The molecular weight excluding hydrogens is 567 g/mol. The van der Waals surface area contributed by atoms with E-state index in [1.54, 1.807) is 24.3 Å². The molecular formula is C20H13Br2F5N4O. The van der Waals surface area contributed by atoms with Crippen LogP contribution in [0.15, 0.2) is 51.4 Å². The summed E-state index contributed by atoms with van der Waals surface area (Å²) >= 11 is 6.24. The highest BCUT2D eigenvalue weighted by Crippen LogP contribution is 2.43. The van der Waals surface area contributed by atoms with E-state index in [-0.39, 0.29) is 28.1 Å². The molecule has 0 saturated heterocycles. The summed E-state index contributed by atoms with van der Waals surface area (Å²) in [6.45, 7) is 0. The molecule has 2 heterocycles. The lowest BCUT2D eigenvalue weighted by Gasteiger charge is -2.33. The highest BCUT2D eigenvalue weighted by Gasteiger charge is 2.46. The maximum absolute atomic E-state index is 14.0. The van der Waals surface area contributed by atoms with Gasteiger partial charge < -0.3 is 10.6 Å². The molecule has 2 N–H and O–H groups in total. The lowest BCUT2D eigenvalue weighted by Crippen LogP contribution is -2.35. The van der Waals surface area contributed by atoms with Gasteiger partial charge in [-0.3, -0.25) is 4.79 Å². The molecule has 0 spiro atoms. The molecule has 0 radical (unpaired) electrons. The number of anilines is 2. The van der Waals surface area contributed by atoms with Crippen molar-refractivity contribution in [2.45, 2.75) is 24.7 Å². The van der Waals surface area contributed by atoms with Crippen LogP contribution in [0, 0.1) is 11.6 Å². The maximum Gasteiger partial charge on any atom is 0.410 e. The molecule has 1 aliphatic heterocycles. The molecule has 0 bridgehead atoms.